The Hall–Kier alpha value is -2.50. The summed E-state index contributed by atoms with van der Waals surface area (Å²) in [7, 11) is 0. The van der Waals surface area contributed by atoms with Crippen molar-refractivity contribution in [3.63, 3.8) is 0 Å². The summed E-state index contributed by atoms with van der Waals surface area (Å²) in [6, 6.07) is 5.52. The molecule has 0 saturated carbocycles. The molecule has 0 spiro atoms. The fourth-order valence-corrected chi connectivity index (χ4v) is 2.84. The Bertz CT molecular complexity index is 629. The van der Waals surface area contributed by atoms with E-state index < -0.39 is 0 Å². The van der Waals surface area contributed by atoms with Crippen LogP contribution in [0.1, 0.15) is 25.5 Å². The Morgan fingerprint density at radius 3 is 2.76 bits per heavy atom. The molecule has 0 aromatic carbocycles. The van der Waals surface area contributed by atoms with Gasteiger partial charge in [-0.25, -0.2) is 4.79 Å². The van der Waals surface area contributed by atoms with Gasteiger partial charge in [-0.3, -0.25) is 4.98 Å². The zero-order valence-electron chi connectivity index (χ0n) is 12.0. The first kappa shape index (κ1) is 13.5. The highest BCUT2D eigenvalue weighted by molar-refractivity contribution is 5.90. The molecule has 0 aliphatic carbocycles. The maximum absolute atomic E-state index is 12.4. The zero-order chi connectivity index (χ0) is 14.9. The van der Waals surface area contributed by atoms with E-state index >= 15 is 0 Å². The van der Waals surface area contributed by atoms with E-state index in [0.717, 1.165) is 5.56 Å². The van der Waals surface area contributed by atoms with Crippen LogP contribution in [-0.2, 0) is 0 Å². The number of anilines is 1. The smallest absolute Gasteiger partial charge is 0.316 e. The molecular weight excluding hydrogens is 266 g/mol. The van der Waals surface area contributed by atoms with Crippen LogP contribution in [0.2, 0.25) is 0 Å². The van der Waals surface area contributed by atoms with E-state index in [1.165, 1.54) is 6.20 Å². The molecule has 21 heavy (non-hydrogen) atoms. The molecule has 3 heterocycles. The quantitative estimate of drug-likeness (QED) is 0.919. The lowest BCUT2D eigenvalue weighted by Gasteiger charge is -2.54. The third kappa shape index (κ3) is 2.56. The van der Waals surface area contributed by atoms with Gasteiger partial charge in [-0.05, 0) is 17.7 Å². The van der Waals surface area contributed by atoms with Crippen molar-refractivity contribution in [3.8, 4) is 0 Å². The molecule has 1 N–H and O–H groups in total. The third-order valence-electron chi connectivity index (χ3n) is 3.73. The third-order valence-corrected chi connectivity index (χ3v) is 3.73. The van der Waals surface area contributed by atoms with Gasteiger partial charge in [0.15, 0.2) is 0 Å². The summed E-state index contributed by atoms with van der Waals surface area (Å²) < 4.78 is 0. The highest BCUT2D eigenvalue weighted by atomic mass is 16.2. The molecule has 1 aliphatic rings. The Labute approximate surface area is 123 Å². The number of nitrogens with zero attached hydrogens (tertiary/aromatic N) is 4. The SMILES string of the molecule is CC1(C)CN(C(=O)Nc2ccnnc2)C1c1cccnc1. The van der Waals surface area contributed by atoms with Crippen molar-refractivity contribution in [1.82, 2.24) is 20.1 Å². The van der Waals surface area contributed by atoms with E-state index in [1.54, 1.807) is 18.5 Å². The number of aromatic nitrogens is 3. The van der Waals surface area contributed by atoms with Crippen LogP contribution in [0.3, 0.4) is 0 Å². The van der Waals surface area contributed by atoms with Crippen molar-refractivity contribution < 1.29 is 4.79 Å². The van der Waals surface area contributed by atoms with Crippen LogP contribution in [0.15, 0.2) is 43.0 Å². The summed E-state index contributed by atoms with van der Waals surface area (Å²) in [5.74, 6) is 0. The van der Waals surface area contributed by atoms with E-state index in [1.807, 2.05) is 23.2 Å². The molecule has 1 fully saturated rings. The molecule has 1 saturated heterocycles. The van der Waals surface area contributed by atoms with Gasteiger partial charge in [0.1, 0.15) is 0 Å². The Kier molecular flexibility index (Phi) is 3.29. The first-order valence-corrected chi connectivity index (χ1v) is 6.82. The first-order valence-electron chi connectivity index (χ1n) is 6.82. The fraction of sp³-hybridized carbons (Fsp3) is 0.333. The molecule has 1 aliphatic heterocycles. The minimum Gasteiger partial charge on any atom is -0.316 e. The lowest BCUT2D eigenvalue weighted by atomic mass is 9.72. The van der Waals surface area contributed by atoms with Crippen molar-refractivity contribution in [3.05, 3.63) is 48.5 Å². The number of likely N-dealkylation sites (tertiary alicyclic amines) is 1. The number of carbonyl (C=O) groups excluding carboxylic acids is 1. The van der Waals surface area contributed by atoms with Gasteiger partial charge in [0, 0.05) is 24.4 Å². The fourth-order valence-electron chi connectivity index (χ4n) is 2.84. The number of hydrogen-bond donors (Lipinski definition) is 1. The number of carbonyl (C=O) groups is 1. The van der Waals surface area contributed by atoms with E-state index in [2.05, 4.69) is 34.3 Å². The molecular formula is C15H17N5O. The van der Waals surface area contributed by atoms with Gasteiger partial charge in [0.25, 0.3) is 0 Å². The minimum absolute atomic E-state index is 0.0287. The molecule has 0 radical (unpaired) electrons. The summed E-state index contributed by atoms with van der Waals surface area (Å²) >= 11 is 0. The molecule has 3 rings (SSSR count). The molecule has 2 amide bonds. The number of nitrogens with one attached hydrogen (secondary N) is 1. The van der Waals surface area contributed by atoms with Crippen LogP contribution >= 0.6 is 0 Å². The molecule has 2 aromatic heterocycles. The largest absolute Gasteiger partial charge is 0.322 e. The Morgan fingerprint density at radius 2 is 2.14 bits per heavy atom. The second kappa shape index (κ2) is 5.12. The highest BCUT2D eigenvalue weighted by Gasteiger charge is 2.49. The van der Waals surface area contributed by atoms with Gasteiger partial charge < -0.3 is 10.2 Å². The zero-order valence-corrected chi connectivity index (χ0v) is 12.0. The molecule has 1 unspecified atom stereocenters. The molecule has 2 aromatic rings. The number of amides is 2. The summed E-state index contributed by atoms with van der Waals surface area (Å²) in [6.45, 7) is 5.02. The summed E-state index contributed by atoms with van der Waals surface area (Å²) in [5.41, 5.74) is 1.73. The van der Waals surface area contributed by atoms with Crippen LogP contribution in [0.25, 0.3) is 0 Å². The summed E-state index contributed by atoms with van der Waals surface area (Å²) in [4.78, 5) is 18.4. The standard InChI is InChI=1S/C15H17N5O/c1-15(2)10-20(13(15)11-4-3-6-16-8-11)14(21)19-12-5-7-17-18-9-12/h3-9,13H,10H2,1-2H3,(H,17,19,21). The maximum atomic E-state index is 12.4. The topological polar surface area (TPSA) is 71.0 Å². The van der Waals surface area contributed by atoms with Crippen molar-refractivity contribution in [2.75, 3.05) is 11.9 Å². The Balaban J connectivity index is 1.78. The molecule has 6 heteroatoms. The summed E-state index contributed by atoms with van der Waals surface area (Å²) in [5, 5.41) is 10.3. The predicted molar refractivity (Wildman–Crippen MR) is 78.5 cm³/mol. The van der Waals surface area contributed by atoms with Crippen LogP contribution in [0.5, 0.6) is 0 Å². The monoisotopic (exact) mass is 283 g/mol. The van der Waals surface area contributed by atoms with Crippen molar-refractivity contribution >= 4 is 11.7 Å². The molecule has 1 atom stereocenters. The van der Waals surface area contributed by atoms with Gasteiger partial charge in [-0.15, -0.1) is 0 Å². The van der Waals surface area contributed by atoms with Gasteiger partial charge >= 0.3 is 6.03 Å². The Morgan fingerprint density at radius 1 is 1.29 bits per heavy atom. The van der Waals surface area contributed by atoms with Gasteiger partial charge in [-0.1, -0.05) is 19.9 Å². The van der Waals surface area contributed by atoms with Crippen LogP contribution in [-0.4, -0.2) is 32.7 Å². The molecule has 6 nitrogen and oxygen atoms in total. The first-order chi connectivity index (χ1) is 10.1. The van der Waals surface area contributed by atoms with Crippen LogP contribution in [0, 0.1) is 5.41 Å². The second-order valence-corrected chi connectivity index (χ2v) is 5.87. The van der Waals surface area contributed by atoms with Crippen LogP contribution < -0.4 is 5.32 Å². The lowest BCUT2D eigenvalue weighted by molar-refractivity contribution is -0.0117. The molecule has 0 bridgehead atoms. The average molecular weight is 283 g/mol. The molecule has 108 valence electrons. The van der Waals surface area contributed by atoms with Gasteiger partial charge in [-0.2, -0.15) is 10.2 Å². The maximum Gasteiger partial charge on any atom is 0.322 e. The summed E-state index contributed by atoms with van der Waals surface area (Å²) in [6.07, 6.45) is 6.64. The van der Waals surface area contributed by atoms with Gasteiger partial charge in [0.05, 0.1) is 24.1 Å². The van der Waals surface area contributed by atoms with Gasteiger partial charge in [0.2, 0.25) is 0 Å². The highest BCUT2D eigenvalue weighted by Crippen LogP contribution is 2.48. The normalized spacial score (nSPS) is 19.7. The van der Waals surface area contributed by atoms with E-state index in [-0.39, 0.29) is 17.5 Å². The number of hydrogen-bond acceptors (Lipinski definition) is 4. The van der Waals surface area contributed by atoms with Crippen molar-refractivity contribution in [1.29, 1.82) is 0 Å². The van der Waals surface area contributed by atoms with E-state index in [9.17, 15) is 4.79 Å². The average Bonchev–Trinajstić information content (AvgIpc) is 2.47. The number of pyridine rings is 1. The van der Waals surface area contributed by atoms with E-state index in [0.29, 0.717) is 12.2 Å². The lowest BCUT2D eigenvalue weighted by Crippen LogP contribution is -2.59. The number of rotatable bonds is 2. The van der Waals surface area contributed by atoms with E-state index in [4.69, 9.17) is 0 Å². The predicted octanol–water partition coefficient (Wildman–Crippen LogP) is 2.49. The number of urea groups is 1. The second-order valence-electron chi connectivity index (χ2n) is 5.87. The van der Waals surface area contributed by atoms with Crippen molar-refractivity contribution in [2.45, 2.75) is 19.9 Å². The van der Waals surface area contributed by atoms with Crippen LogP contribution in [0.4, 0.5) is 10.5 Å². The van der Waals surface area contributed by atoms with Crippen molar-refractivity contribution in [2.24, 2.45) is 5.41 Å². The minimum atomic E-state index is -0.129.